The van der Waals surface area contributed by atoms with Crippen molar-refractivity contribution < 1.29 is 9.53 Å². The van der Waals surface area contributed by atoms with Gasteiger partial charge in [0.05, 0.1) is 18.0 Å². The first-order valence-corrected chi connectivity index (χ1v) is 9.19. The molecular weight excluding hydrogens is 352 g/mol. The van der Waals surface area contributed by atoms with Crippen LogP contribution in [-0.4, -0.2) is 28.4 Å². The number of H-pyrrole nitrogens is 1. The molecule has 3 aromatic rings. The van der Waals surface area contributed by atoms with Crippen molar-refractivity contribution in [3.05, 3.63) is 70.9 Å². The number of nitrogens with one attached hydrogen (secondary N) is 2. The van der Waals surface area contributed by atoms with Gasteiger partial charge in [0.15, 0.2) is 0 Å². The number of hydrogen-bond donors (Lipinski definition) is 2. The summed E-state index contributed by atoms with van der Waals surface area (Å²) in [6.45, 7) is 8.31. The van der Waals surface area contributed by atoms with Crippen LogP contribution in [0.5, 0.6) is 5.75 Å². The number of aromatic nitrogens is 2. The van der Waals surface area contributed by atoms with Crippen LogP contribution < -0.4 is 10.2 Å². The quantitative estimate of drug-likeness (QED) is 0.499. The van der Waals surface area contributed by atoms with E-state index >= 15 is 0 Å². The van der Waals surface area contributed by atoms with Crippen LogP contribution in [0.1, 0.15) is 41.0 Å². The average Bonchev–Trinajstić information content (AvgIpc) is 3.09. The number of benzene rings is 2. The first-order chi connectivity index (χ1) is 13.5. The van der Waals surface area contributed by atoms with Gasteiger partial charge in [-0.3, -0.25) is 9.89 Å². The molecule has 2 N–H and O–H groups in total. The molecular formula is C22H24N4O2. The molecule has 3 rings (SSSR count). The zero-order valence-electron chi connectivity index (χ0n) is 16.5. The van der Waals surface area contributed by atoms with E-state index in [-0.39, 0.29) is 5.91 Å². The van der Waals surface area contributed by atoms with Gasteiger partial charge in [0.1, 0.15) is 11.4 Å². The minimum atomic E-state index is -0.325. The van der Waals surface area contributed by atoms with E-state index in [1.165, 1.54) is 5.56 Å². The summed E-state index contributed by atoms with van der Waals surface area (Å²) in [5, 5.41) is 11.3. The van der Waals surface area contributed by atoms with Gasteiger partial charge in [-0.15, -0.1) is 0 Å². The summed E-state index contributed by atoms with van der Waals surface area (Å²) < 4.78 is 5.46. The second kappa shape index (κ2) is 8.52. The predicted octanol–water partition coefficient (Wildman–Crippen LogP) is 4.25. The highest BCUT2D eigenvalue weighted by molar-refractivity contribution is 6.01. The summed E-state index contributed by atoms with van der Waals surface area (Å²) in [6.07, 6.45) is 0. The molecule has 0 unspecified atom stereocenters. The second-order valence-corrected chi connectivity index (χ2v) is 6.53. The van der Waals surface area contributed by atoms with Crippen molar-refractivity contribution in [1.29, 1.82) is 0 Å². The van der Waals surface area contributed by atoms with Gasteiger partial charge >= 0.3 is 0 Å². The van der Waals surface area contributed by atoms with Crippen LogP contribution >= 0.6 is 0 Å². The summed E-state index contributed by atoms with van der Waals surface area (Å²) in [7, 11) is 0. The van der Waals surface area contributed by atoms with Crippen molar-refractivity contribution in [2.24, 2.45) is 5.10 Å². The van der Waals surface area contributed by atoms with E-state index < -0.39 is 0 Å². The normalized spacial score (nSPS) is 11.4. The Hall–Kier alpha value is -3.41. The number of aryl methyl sites for hydroxylation is 1. The van der Waals surface area contributed by atoms with Crippen LogP contribution in [0.3, 0.4) is 0 Å². The minimum absolute atomic E-state index is 0.325. The monoisotopic (exact) mass is 376 g/mol. The van der Waals surface area contributed by atoms with Gasteiger partial charge in [0.25, 0.3) is 5.91 Å². The molecule has 28 heavy (non-hydrogen) atoms. The second-order valence-electron chi connectivity index (χ2n) is 6.53. The molecule has 0 saturated heterocycles. The van der Waals surface area contributed by atoms with Crippen molar-refractivity contribution in [2.45, 2.75) is 27.7 Å². The lowest BCUT2D eigenvalue weighted by atomic mass is 10.1. The molecule has 0 saturated carbocycles. The van der Waals surface area contributed by atoms with E-state index in [9.17, 15) is 4.79 Å². The van der Waals surface area contributed by atoms with Crippen molar-refractivity contribution in [1.82, 2.24) is 15.6 Å². The number of hydrogen-bond acceptors (Lipinski definition) is 4. The third kappa shape index (κ3) is 4.28. The van der Waals surface area contributed by atoms with Crippen molar-refractivity contribution in [3.63, 3.8) is 0 Å². The van der Waals surface area contributed by atoms with Crippen LogP contribution in [0.4, 0.5) is 0 Å². The van der Waals surface area contributed by atoms with E-state index in [0.29, 0.717) is 12.3 Å². The van der Waals surface area contributed by atoms with Crippen LogP contribution in [0.25, 0.3) is 11.3 Å². The van der Waals surface area contributed by atoms with Gasteiger partial charge in [-0.05, 0) is 57.5 Å². The van der Waals surface area contributed by atoms with Crippen LogP contribution in [-0.2, 0) is 0 Å². The number of aromatic amines is 1. The van der Waals surface area contributed by atoms with Crippen molar-refractivity contribution in [2.75, 3.05) is 6.61 Å². The van der Waals surface area contributed by atoms with Crippen molar-refractivity contribution in [3.8, 4) is 17.0 Å². The minimum Gasteiger partial charge on any atom is -0.494 e. The molecule has 6 heteroatoms. The van der Waals surface area contributed by atoms with Gasteiger partial charge in [-0.2, -0.15) is 10.2 Å². The SMILES string of the molecule is CCOc1ccc(-c2n[nH]c(C(=O)NN=C(C)c3ccc(C)cc3)c2C)cc1. The Balaban J connectivity index is 1.74. The fourth-order valence-corrected chi connectivity index (χ4v) is 2.83. The maximum atomic E-state index is 12.5. The molecule has 0 atom stereocenters. The summed E-state index contributed by atoms with van der Waals surface area (Å²) in [5.74, 6) is 0.479. The maximum absolute atomic E-state index is 12.5. The Bertz CT molecular complexity index is 986. The summed E-state index contributed by atoms with van der Waals surface area (Å²) in [4.78, 5) is 12.5. The molecule has 0 aliphatic heterocycles. The molecule has 1 amide bonds. The highest BCUT2D eigenvalue weighted by atomic mass is 16.5. The van der Waals surface area contributed by atoms with Gasteiger partial charge in [-0.1, -0.05) is 29.8 Å². The number of amides is 1. The number of rotatable bonds is 6. The lowest BCUT2D eigenvalue weighted by Gasteiger charge is -2.05. The molecule has 144 valence electrons. The van der Waals surface area contributed by atoms with E-state index in [4.69, 9.17) is 4.74 Å². The molecule has 0 fully saturated rings. The lowest BCUT2D eigenvalue weighted by Crippen LogP contribution is -2.20. The van der Waals surface area contributed by atoms with Gasteiger partial charge in [0, 0.05) is 11.1 Å². The van der Waals surface area contributed by atoms with E-state index in [0.717, 1.165) is 33.8 Å². The third-order valence-corrected chi connectivity index (χ3v) is 4.47. The lowest BCUT2D eigenvalue weighted by molar-refractivity contribution is 0.0949. The molecule has 2 aromatic carbocycles. The van der Waals surface area contributed by atoms with Gasteiger partial charge in [-0.25, -0.2) is 5.43 Å². The first kappa shape index (κ1) is 19.4. The number of hydrazone groups is 1. The summed E-state index contributed by atoms with van der Waals surface area (Å²) in [6, 6.07) is 15.6. The fourth-order valence-electron chi connectivity index (χ4n) is 2.83. The van der Waals surface area contributed by atoms with E-state index in [1.807, 2.05) is 76.2 Å². The standard InChI is InChI=1S/C22H24N4O2/c1-5-28-19-12-10-18(11-13-19)20-15(3)21(25-24-20)22(27)26-23-16(4)17-8-6-14(2)7-9-17/h6-13H,5H2,1-4H3,(H,24,25)(H,26,27). The predicted molar refractivity (Wildman–Crippen MR) is 111 cm³/mol. The smallest absolute Gasteiger partial charge is 0.289 e. The molecule has 1 heterocycles. The molecule has 0 aliphatic rings. The summed E-state index contributed by atoms with van der Waals surface area (Å²) >= 11 is 0. The van der Waals surface area contributed by atoms with Crippen LogP contribution in [0.15, 0.2) is 53.6 Å². The highest BCUT2D eigenvalue weighted by Crippen LogP contribution is 2.25. The molecule has 0 aliphatic carbocycles. The molecule has 0 radical (unpaired) electrons. The zero-order chi connectivity index (χ0) is 20.1. The Morgan fingerprint density at radius 3 is 2.43 bits per heavy atom. The number of carbonyl (C=O) groups excluding carboxylic acids is 1. The number of carbonyl (C=O) groups is 1. The average molecular weight is 376 g/mol. The van der Waals surface area contributed by atoms with Crippen LogP contribution in [0.2, 0.25) is 0 Å². The Kier molecular flexibility index (Phi) is 5.89. The fraction of sp³-hybridized carbons (Fsp3) is 0.227. The van der Waals surface area contributed by atoms with Crippen LogP contribution in [0, 0.1) is 13.8 Å². The zero-order valence-corrected chi connectivity index (χ0v) is 16.5. The Morgan fingerprint density at radius 1 is 1.11 bits per heavy atom. The largest absolute Gasteiger partial charge is 0.494 e. The number of nitrogens with zero attached hydrogens (tertiary/aromatic N) is 2. The van der Waals surface area contributed by atoms with E-state index in [2.05, 4.69) is 20.7 Å². The Labute approximate surface area is 164 Å². The third-order valence-electron chi connectivity index (χ3n) is 4.47. The van der Waals surface area contributed by atoms with Gasteiger partial charge < -0.3 is 4.74 Å². The topological polar surface area (TPSA) is 79.4 Å². The molecule has 6 nitrogen and oxygen atoms in total. The Morgan fingerprint density at radius 2 is 1.79 bits per heavy atom. The molecule has 0 bridgehead atoms. The maximum Gasteiger partial charge on any atom is 0.289 e. The number of ether oxygens (including phenoxy) is 1. The highest BCUT2D eigenvalue weighted by Gasteiger charge is 2.17. The van der Waals surface area contributed by atoms with E-state index in [1.54, 1.807) is 0 Å². The van der Waals surface area contributed by atoms with Crippen molar-refractivity contribution >= 4 is 11.6 Å². The summed E-state index contributed by atoms with van der Waals surface area (Å²) in [5.41, 5.74) is 8.27. The molecule has 1 aromatic heterocycles. The first-order valence-electron chi connectivity index (χ1n) is 9.19. The van der Waals surface area contributed by atoms with Gasteiger partial charge in [0.2, 0.25) is 0 Å². The molecule has 0 spiro atoms.